The van der Waals surface area contributed by atoms with E-state index in [2.05, 4.69) is 31.1 Å². The predicted octanol–water partition coefficient (Wildman–Crippen LogP) is 3.88. The lowest BCUT2D eigenvalue weighted by Crippen LogP contribution is -2.37. The highest BCUT2D eigenvalue weighted by Crippen LogP contribution is 2.25. The number of aromatic nitrogens is 1. The van der Waals surface area contributed by atoms with Crippen LogP contribution in [0, 0.1) is 0 Å². The fourth-order valence-electron chi connectivity index (χ4n) is 1.60. The van der Waals surface area contributed by atoms with Gasteiger partial charge in [-0.15, -0.1) is 11.3 Å². The van der Waals surface area contributed by atoms with Crippen molar-refractivity contribution in [2.75, 3.05) is 6.54 Å². The maximum atomic E-state index is 5.96. The average molecular weight is 269 g/mol. The summed E-state index contributed by atoms with van der Waals surface area (Å²) in [4.78, 5) is 4.59. The van der Waals surface area contributed by atoms with Gasteiger partial charge in [-0.25, -0.2) is 4.98 Å². The van der Waals surface area contributed by atoms with E-state index in [9.17, 15) is 0 Å². The molecule has 0 aliphatic carbocycles. The molecule has 0 aliphatic rings. The first-order valence-corrected chi connectivity index (χ1v) is 6.93. The van der Waals surface area contributed by atoms with Crippen LogP contribution in [0.1, 0.15) is 25.8 Å². The number of thiazole rings is 1. The molecule has 1 N–H and O–H groups in total. The normalized spacial score (nSPS) is 12.2. The topological polar surface area (TPSA) is 24.9 Å². The summed E-state index contributed by atoms with van der Waals surface area (Å²) in [6.07, 6.45) is 0.967. The van der Waals surface area contributed by atoms with Crippen LogP contribution in [0.4, 0.5) is 0 Å². The highest BCUT2D eigenvalue weighted by Gasteiger charge is 2.09. The number of hydrogen-bond donors (Lipinski definition) is 1. The molecule has 92 valence electrons. The molecule has 0 fully saturated rings. The van der Waals surface area contributed by atoms with Gasteiger partial charge >= 0.3 is 0 Å². The maximum Gasteiger partial charge on any atom is 0.0951 e. The molecule has 0 atom stereocenters. The minimum atomic E-state index is 0.167. The van der Waals surface area contributed by atoms with E-state index in [1.54, 1.807) is 11.3 Å². The largest absolute Gasteiger partial charge is 0.312 e. The Hall–Kier alpha value is -0.640. The van der Waals surface area contributed by atoms with Crippen molar-refractivity contribution in [2.24, 2.45) is 0 Å². The summed E-state index contributed by atoms with van der Waals surface area (Å²) in [6, 6.07) is 5.85. The van der Waals surface area contributed by atoms with E-state index in [1.807, 2.05) is 18.2 Å². The Balaban J connectivity index is 2.05. The van der Waals surface area contributed by atoms with Gasteiger partial charge in [0.15, 0.2) is 0 Å². The molecule has 2 rings (SSSR count). The van der Waals surface area contributed by atoms with Crippen molar-refractivity contribution in [3.63, 3.8) is 0 Å². The zero-order chi connectivity index (χ0) is 12.5. The van der Waals surface area contributed by atoms with Crippen LogP contribution in [0.15, 0.2) is 18.2 Å². The van der Waals surface area contributed by atoms with Gasteiger partial charge < -0.3 is 5.32 Å². The van der Waals surface area contributed by atoms with E-state index < -0.39 is 0 Å². The molecular formula is C13H17ClN2S. The van der Waals surface area contributed by atoms with Crippen LogP contribution in [-0.2, 0) is 6.42 Å². The van der Waals surface area contributed by atoms with Crippen molar-refractivity contribution < 1.29 is 0 Å². The number of rotatable bonds is 3. The van der Waals surface area contributed by atoms with Gasteiger partial charge in [-0.2, -0.15) is 0 Å². The molecule has 0 spiro atoms. The van der Waals surface area contributed by atoms with Gasteiger partial charge in [0, 0.05) is 23.5 Å². The smallest absolute Gasteiger partial charge is 0.0951 e. The van der Waals surface area contributed by atoms with Crippen molar-refractivity contribution in [3.8, 4) is 0 Å². The Labute approximate surface area is 111 Å². The summed E-state index contributed by atoms with van der Waals surface area (Å²) in [6.45, 7) is 7.47. The van der Waals surface area contributed by atoms with Gasteiger partial charge in [-0.05, 0) is 39.0 Å². The second kappa shape index (κ2) is 4.92. The van der Waals surface area contributed by atoms with Crippen LogP contribution in [0.3, 0.4) is 0 Å². The third kappa shape index (κ3) is 3.66. The number of benzene rings is 1. The SMILES string of the molecule is CC(C)(C)NCCc1nc2ccc(Cl)cc2s1. The number of fused-ring (bicyclic) bond motifs is 1. The second-order valence-corrected chi connectivity index (χ2v) is 6.70. The highest BCUT2D eigenvalue weighted by molar-refractivity contribution is 7.18. The summed E-state index contributed by atoms with van der Waals surface area (Å²) in [7, 11) is 0. The summed E-state index contributed by atoms with van der Waals surface area (Å²) in [5.41, 5.74) is 1.21. The molecule has 17 heavy (non-hydrogen) atoms. The first-order valence-electron chi connectivity index (χ1n) is 5.74. The van der Waals surface area contributed by atoms with Crippen LogP contribution < -0.4 is 5.32 Å². The van der Waals surface area contributed by atoms with Crippen molar-refractivity contribution in [2.45, 2.75) is 32.7 Å². The Kier molecular flexibility index (Phi) is 3.71. The third-order valence-corrected chi connectivity index (χ3v) is 3.70. The van der Waals surface area contributed by atoms with Gasteiger partial charge in [-0.1, -0.05) is 11.6 Å². The predicted molar refractivity (Wildman–Crippen MR) is 76.1 cm³/mol. The zero-order valence-corrected chi connectivity index (χ0v) is 12.0. The van der Waals surface area contributed by atoms with E-state index in [-0.39, 0.29) is 5.54 Å². The summed E-state index contributed by atoms with van der Waals surface area (Å²) in [5, 5.41) is 5.41. The Bertz CT molecular complexity index is 514. The molecule has 1 aromatic heterocycles. The first-order chi connectivity index (χ1) is 7.94. The summed E-state index contributed by atoms with van der Waals surface area (Å²) < 4.78 is 1.17. The van der Waals surface area contributed by atoms with Crippen LogP contribution in [0.2, 0.25) is 5.02 Å². The van der Waals surface area contributed by atoms with E-state index in [0.717, 1.165) is 23.5 Å². The number of nitrogens with zero attached hydrogens (tertiary/aromatic N) is 1. The van der Waals surface area contributed by atoms with Gasteiger partial charge in [0.1, 0.15) is 0 Å². The fourth-order valence-corrected chi connectivity index (χ4v) is 2.84. The lowest BCUT2D eigenvalue weighted by atomic mass is 10.1. The minimum Gasteiger partial charge on any atom is -0.312 e. The molecule has 0 unspecified atom stereocenters. The molecule has 0 saturated carbocycles. The summed E-state index contributed by atoms with van der Waals surface area (Å²) in [5.74, 6) is 0. The fraction of sp³-hybridized carbons (Fsp3) is 0.462. The molecule has 4 heteroatoms. The van der Waals surface area contributed by atoms with Gasteiger partial charge in [-0.3, -0.25) is 0 Å². The van der Waals surface area contributed by atoms with Crippen molar-refractivity contribution in [1.29, 1.82) is 0 Å². The molecule has 0 amide bonds. The van der Waals surface area contributed by atoms with Gasteiger partial charge in [0.25, 0.3) is 0 Å². The molecule has 2 aromatic rings. The Morgan fingerprint density at radius 3 is 2.82 bits per heavy atom. The number of hydrogen-bond acceptors (Lipinski definition) is 3. The van der Waals surface area contributed by atoms with Crippen LogP contribution >= 0.6 is 22.9 Å². The van der Waals surface area contributed by atoms with E-state index in [1.165, 1.54) is 9.71 Å². The molecular weight excluding hydrogens is 252 g/mol. The quantitative estimate of drug-likeness (QED) is 0.914. The molecule has 0 saturated heterocycles. The molecule has 1 heterocycles. The molecule has 0 bridgehead atoms. The lowest BCUT2D eigenvalue weighted by molar-refractivity contribution is 0.429. The van der Waals surface area contributed by atoms with Gasteiger partial charge in [0.2, 0.25) is 0 Å². The molecule has 2 nitrogen and oxygen atoms in total. The van der Waals surface area contributed by atoms with Gasteiger partial charge in [0.05, 0.1) is 15.2 Å². The minimum absolute atomic E-state index is 0.167. The molecule has 0 radical (unpaired) electrons. The van der Waals surface area contributed by atoms with E-state index in [0.29, 0.717) is 0 Å². The Morgan fingerprint density at radius 2 is 2.12 bits per heavy atom. The maximum absolute atomic E-state index is 5.96. The Morgan fingerprint density at radius 1 is 1.35 bits per heavy atom. The molecule has 0 aliphatic heterocycles. The van der Waals surface area contributed by atoms with Crippen molar-refractivity contribution >= 4 is 33.2 Å². The van der Waals surface area contributed by atoms with Crippen molar-refractivity contribution in [1.82, 2.24) is 10.3 Å². The van der Waals surface area contributed by atoms with Crippen LogP contribution in [-0.4, -0.2) is 17.1 Å². The average Bonchev–Trinajstić information content (AvgIpc) is 2.57. The van der Waals surface area contributed by atoms with E-state index in [4.69, 9.17) is 11.6 Å². The lowest BCUT2D eigenvalue weighted by Gasteiger charge is -2.19. The standard InChI is InChI=1S/C13H17ClN2S/c1-13(2,3)15-7-6-12-16-10-5-4-9(14)8-11(10)17-12/h4-5,8,15H,6-7H2,1-3H3. The number of nitrogens with one attached hydrogen (secondary N) is 1. The van der Waals surface area contributed by atoms with Crippen molar-refractivity contribution in [3.05, 3.63) is 28.2 Å². The second-order valence-electron chi connectivity index (χ2n) is 5.15. The zero-order valence-electron chi connectivity index (χ0n) is 10.4. The van der Waals surface area contributed by atoms with Crippen LogP contribution in [0.25, 0.3) is 10.2 Å². The number of halogens is 1. The first kappa shape index (κ1) is 12.8. The highest BCUT2D eigenvalue weighted by atomic mass is 35.5. The summed E-state index contributed by atoms with van der Waals surface area (Å²) >= 11 is 7.69. The van der Waals surface area contributed by atoms with Crippen LogP contribution in [0.5, 0.6) is 0 Å². The monoisotopic (exact) mass is 268 g/mol. The molecule has 1 aromatic carbocycles. The third-order valence-electron chi connectivity index (χ3n) is 2.39. The van der Waals surface area contributed by atoms with E-state index >= 15 is 0 Å².